The number of aromatic nitrogens is 1. The Balaban J connectivity index is 3.00. The average molecular weight is 372 g/mol. The van der Waals surface area contributed by atoms with Crippen molar-refractivity contribution < 1.29 is 9.90 Å². The van der Waals surface area contributed by atoms with Crippen LogP contribution in [-0.4, -0.2) is 22.6 Å². The molecule has 1 N–H and O–H groups in total. The highest BCUT2D eigenvalue weighted by Crippen LogP contribution is 2.27. The number of benzene rings is 1. The van der Waals surface area contributed by atoms with Crippen LogP contribution in [0.5, 0.6) is 0 Å². The van der Waals surface area contributed by atoms with Crippen molar-refractivity contribution in [2.75, 3.05) is 6.61 Å². The van der Waals surface area contributed by atoms with Crippen LogP contribution in [0.15, 0.2) is 28.3 Å². The SMILES string of the molecule is O=Cc1cn(CCO)c2c(N=O)cc(I)cc2c1=O. The molecule has 0 aliphatic heterocycles. The summed E-state index contributed by atoms with van der Waals surface area (Å²) in [6.07, 6.45) is 1.79. The van der Waals surface area contributed by atoms with Gasteiger partial charge in [0.05, 0.1) is 17.7 Å². The highest BCUT2D eigenvalue weighted by atomic mass is 127. The van der Waals surface area contributed by atoms with E-state index in [1.165, 1.54) is 10.8 Å². The van der Waals surface area contributed by atoms with E-state index in [2.05, 4.69) is 5.18 Å². The maximum atomic E-state index is 12.1. The Kier molecular flexibility index (Phi) is 4.05. The third kappa shape index (κ3) is 2.43. The largest absolute Gasteiger partial charge is 0.395 e. The lowest BCUT2D eigenvalue weighted by Crippen LogP contribution is -2.16. The topological polar surface area (TPSA) is 88.7 Å². The fourth-order valence-electron chi connectivity index (χ4n) is 1.94. The third-order valence-corrected chi connectivity index (χ3v) is 3.33. The Morgan fingerprint density at radius 2 is 2.16 bits per heavy atom. The molecule has 98 valence electrons. The number of carbonyl (C=O) groups excluding carboxylic acids is 1. The van der Waals surface area contributed by atoms with Gasteiger partial charge < -0.3 is 9.67 Å². The molecule has 0 spiro atoms. The quantitative estimate of drug-likeness (QED) is 0.504. The van der Waals surface area contributed by atoms with Crippen LogP contribution in [0.2, 0.25) is 0 Å². The molecular weight excluding hydrogens is 363 g/mol. The Labute approximate surface area is 121 Å². The molecule has 6 nitrogen and oxygen atoms in total. The van der Waals surface area contributed by atoms with Gasteiger partial charge in [-0.2, -0.15) is 0 Å². The van der Waals surface area contributed by atoms with E-state index in [-0.39, 0.29) is 29.8 Å². The van der Waals surface area contributed by atoms with E-state index in [1.54, 1.807) is 12.1 Å². The molecule has 0 fully saturated rings. The smallest absolute Gasteiger partial charge is 0.200 e. The van der Waals surface area contributed by atoms with Gasteiger partial charge >= 0.3 is 0 Å². The van der Waals surface area contributed by atoms with E-state index in [9.17, 15) is 14.5 Å². The van der Waals surface area contributed by atoms with Gasteiger partial charge in [-0.25, -0.2) is 0 Å². The van der Waals surface area contributed by atoms with E-state index >= 15 is 0 Å². The lowest BCUT2D eigenvalue weighted by molar-refractivity contribution is 0.112. The number of hydrogen-bond acceptors (Lipinski definition) is 5. The predicted octanol–water partition coefficient (Wildman–Crippen LogP) is 1.81. The summed E-state index contributed by atoms with van der Waals surface area (Å²) >= 11 is 1.97. The van der Waals surface area contributed by atoms with Crippen molar-refractivity contribution in [2.24, 2.45) is 5.18 Å². The Bertz CT molecular complexity index is 724. The van der Waals surface area contributed by atoms with Crippen molar-refractivity contribution in [3.8, 4) is 0 Å². The van der Waals surface area contributed by atoms with Crippen molar-refractivity contribution >= 4 is 45.5 Å². The summed E-state index contributed by atoms with van der Waals surface area (Å²) in [5, 5.41) is 12.2. The summed E-state index contributed by atoms with van der Waals surface area (Å²) in [6, 6.07) is 3.14. The Hall–Kier alpha value is -1.61. The average Bonchev–Trinajstić information content (AvgIpc) is 2.41. The second-order valence-electron chi connectivity index (χ2n) is 3.86. The van der Waals surface area contributed by atoms with E-state index in [4.69, 9.17) is 5.11 Å². The van der Waals surface area contributed by atoms with Crippen LogP contribution in [0.3, 0.4) is 0 Å². The first-order valence-electron chi connectivity index (χ1n) is 5.38. The monoisotopic (exact) mass is 372 g/mol. The number of halogens is 1. The molecule has 2 aromatic rings. The number of hydrogen-bond donors (Lipinski definition) is 1. The highest BCUT2D eigenvalue weighted by Gasteiger charge is 2.13. The van der Waals surface area contributed by atoms with E-state index in [0.29, 0.717) is 15.4 Å². The summed E-state index contributed by atoms with van der Waals surface area (Å²) in [7, 11) is 0. The standard InChI is InChI=1S/C12H9IN2O4/c13-8-3-9-11(10(4-8)14-19)15(1-2-16)5-7(6-17)12(9)18/h3-6,16H,1-2H2. The zero-order chi connectivity index (χ0) is 14.0. The minimum Gasteiger partial charge on any atom is -0.395 e. The lowest BCUT2D eigenvalue weighted by atomic mass is 10.1. The third-order valence-electron chi connectivity index (χ3n) is 2.71. The van der Waals surface area contributed by atoms with Crippen LogP contribution in [0.1, 0.15) is 10.4 Å². The first kappa shape index (κ1) is 13.8. The number of pyridine rings is 1. The molecule has 0 saturated carbocycles. The van der Waals surface area contributed by atoms with Crippen molar-refractivity contribution in [2.45, 2.75) is 6.54 Å². The number of aldehydes is 1. The Morgan fingerprint density at radius 1 is 1.42 bits per heavy atom. The minimum absolute atomic E-state index is 0.0141. The fraction of sp³-hybridized carbons (Fsp3) is 0.167. The zero-order valence-corrected chi connectivity index (χ0v) is 11.8. The minimum atomic E-state index is -0.442. The van der Waals surface area contributed by atoms with Gasteiger partial charge in [0.25, 0.3) is 0 Å². The molecule has 2 rings (SSSR count). The van der Waals surface area contributed by atoms with Crippen molar-refractivity contribution in [3.05, 3.63) is 42.6 Å². The number of rotatable bonds is 4. The number of nitrogens with zero attached hydrogens (tertiary/aromatic N) is 2. The molecule has 0 saturated heterocycles. The van der Waals surface area contributed by atoms with E-state index in [0.717, 1.165) is 0 Å². The van der Waals surface area contributed by atoms with Gasteiger partial charge in [-0.15, -0.1) is 4.91 Å². The predicted molar refractivity (Wildman–Crippen MR) is 78.9 cm³/mol. The molecule has 0 atom stereocenters. The van der Waals surface area contributed by atoms with Gasteiger partial charge in [0, 0.05) is 21.7 Å². The van der Waals surface area contributed by atoms with Crippen molar-refractivity contribution in [3.63, 3.8) is 0 Å². The second kappa shape index (κ2) is 5.57. The van der Waals surface area contributed by atoms with Crippen LogP contribution >= 0.6 is 22.6 Å². The molecule has 0 aliphatic carbocycles. The first-order valence-corrected chi connectivity index (χ1v) is 6.46. The number of aliphatic hydroxyl groups is 1. The van der Waals surface area contributed by atoms with Gasteiger partial charge in [0.1, 0.15) is 5.69 Å². The van der Waals surface area contributed by atoms with Gasteiger partial charge in [0.15, 0.2) is 11.7 Å². The Morgan fingerprint density at radius 3 is 2.74 bits per heavy atom. The second-order valence-corrected chi connectivity index (χ2v) is 5.11. The van der Waals surface area contributed by atoms with Crippen LogP contribution in [-0.2, 0) is 6.54 Å². The van der Waals surface area contributed by atoms with Gasteiger partial charge in [0.2, 0.25) is 0 Å². The molecule has 1 aromatic heterocycles. The molecule has 0 radical (unpaired) electrons. The van der Waals surface area contributed by atoms with Crippen molar-refractivity contribution in [1.29, 1.82) is 0 Å². The van der Waals surface area contributed by atoms with Gasteiger partial charge in [-0.1, -0.05) is 0 Å². The van der Waals surface area contributed by atoms with Crippen molar-refractivity contribution in [1.82, 2.24) is 4.57 Å². The summed E-state index contributed by atoms with van der Waals surface area (Å²) in [6.45, 7) is -0.0126. The first-order chi connectivity index (χ1) is 9.12. The molecule has 19 heavy (non-hydrogen) atoms. The van der Waals surface area contributed by atoms with Crippen LogP contribution < -0.4 is 5.43 Å². The summed E-state index contributed by atoms with van der Waals surface area (Å²) in [4.78, 5) is 33.9. The molecule has 0 bridgehead atoms. The number of carbonyl (C=O) groups is 1. The highest BCUT2D eigenvalue weighted by molar-refractivity contribution is 14.1. The number of fused-ring (bicyclic) bond motifs is 1. The maximum Gasteiger partial charge on any atom is 0.200 e. The molecule has 0 aliphatic rings. The molecule has 7 heteroatoms. The molecule has 1 aromatic carbocycles. The van der Waals surface area contributed by atoms with E-state index < -0.39 is 5.43 Å². The molecule has 0 unspecified atom stereocenters. The number of aliphatic hydroxyl groups excluding tert-OH is 1. The van der Waals surface area contributed by atoms with E-state index in [1.807, 2.05) is 22.6 Å². The molecular formula is C12H9IN2O4. The zero-order valence-electron chi connectivity index (χ0n) is 9.67. The summed E-state index contributed by atoms with van der Waals surface area (Å²) in [5.74, 6) is 0. The molecule has 1 heterocycles. The normalized spacial score (nSPS) is 10.6. The van der Waals surface area contributed by atoms with Gasteiger partial charge in [-0.05, 0) is 39.9 Å². The maximum absolute atomic E-state index is 12.1. The van der Waals surface area contributed by atoms with Gasteiger partial charge in [-0.3, -0.25) is 9.59 Å². The molecule has 0 amide bonds. The fourth-order valence-corrected chi connectivity index (χ4v) is 2.55. The lowest BCUT2D eigenvalue weighted by Gasteiger charge is -2.12. The number of nitroso groups, excluding NO2 is 1. The van der Waals surface area contributed by atoms with Crippen LogP contribution in [0.4, 0.5) is 5.69 Å². The summed E-state index contributed by atoms with van der Waals surface area (Å²) in [5.41, 5.74) is -0.00707. The van der Waals surface area contributed by atoms with Crippen LogP contribution in [0, 0.1) is 8.48 Å². The van der Waals surface area contributed by atoms with Crippen LogP contribution in [0.25, 0.3) is 10.9 Å². The summed E-state index contributed by atoms with van der Waals surface area (Å²) < 4.78 is 2.17.